The predicted octanol–water partition coefficient (Wildman–Crippen LogP) is 3.81. The summed E-state index contributed by atoms with van der Waals surface area (Å²) in [7, 11) is 0. The van der Waals surface area contributed by atoms with Gasteiger partial charge >= 0.3 is 0 Å². The van der Waals surface area contributed by atoms with E-state index in [9.17, 15) is 4.79 Å². The number of rotatable bonds is 4. The van der Waals surface area contributed by atoms with Gasteiger partial charge in [-0.1, -0.05) is 31.5 Å². The second-order valence-corrected chi connectivity index (χ2v) is 8.82. The Morgan fingerprint density at radius 1 is 1.20 bits per heavy atom. The van der Waals surface area contributed by atoms with Gasteiger partial charge in [-0.25, -0.2) is 0 Å². The fraction of sp³-hybridized carbons (Fsp3) is 0.583. The molecule has 5 rings (SSSR count). The fourth-order valence-corrected chi connectivity index (χ4v) is 6.01. The van der Waals surface area contributed by atoms with E-state index in [0.717, 1.165) is 43.2 Å². The molecule has 1 amide bonds. The maximum atomic E-state index is 13.3. The molecule has 2 bridgehead atoms. The summed E-state index contributed by atoms with van der Waals surface area (Å²) in [6, 6.07) is 10.1. The van der Waals surface area contributed by atoms with Crippen molar-refractivity contribution in [1.82, 2.24) is 14.8 Å². The Balaban J connectivity index is 0.000000687. The van der Waals surface area contributed by atoms with E-state index < -0.39 is 0 Å². The van der Waals surface area contributed by atoms with Crippen molar-refractivity contribution in [2.24, 2.45) is 0 Å². The monoisotopic (exact) mass is 411 g/mol. The molecular formula is C24H33N3O3. The van der Waals surface area contributed by atoms with Crippen LogP contribution < -0.4 is 5.32 Å². The van der Waals surface area contributed by atoms with Gasteiger partial charge in [-0.05, 0) is 57.6 Å². The number of nitrogens with one attached hydrogen (secondary N) is 1. The Hall–Kier alpha value is -2.34. The van der Waals surface area contributed by atoms with Crippen molar-refractivity contribution in [1.29, 1.82) is 0 Å². The highest BCUT2D eigenvalue weighted by atomic mass is 16.3. The highest BCUT2D eigenvalue weighted by molar-refractivity contribution is 6.08. The summed E-state index contributed by atoms with van der Waals surface area (Å²) in [5.41, 5.74) is 3.42. The van der Waals surface area contributed by atoms with E-state index in [2.05, 4.69) is 46.0 Å². The third kappa shape index (κ3) is 3.85. The number of amides is 1. The zero-order chi connectivity index (χ0) is 21.1. The Morgan fingerprint density at radius 2 is 1.90 bits per heavy atom. The second kappa shape index (κ2) is 9.21. The van der Waals surface area contributed by atoms with E-state index in [0.29, 0.717) is 18.1 Å². The molecule has 1 aromatic heterocycles. The smallest absolute Gasteiger partial charge is 0.290 e. The average molecular weight is 412 g/mol. The number of aromatic nitrogens is 1. The third-order valence-corrected chi connectivity index (χ3v) is 7.04. The van der Waals surface area contributed by atoms with Gasteiger partial charge in [-0.2, -0.15) is 0 Å². The van der Waals surface area contributed by atoms with E-state index in [1.54, 1.807) is 0 Å². The minimum absolute atomic E-state index is 0.161. The average Bonchev–Trinajstić information content (AvgIpc) is 3.30. The first-order valence-electron chi connectivity index (χ1n) is 11.4. The number of fused-ring (bicyclic) bond motifs is 5. The van der Waals surface area contributed by atoms with Crippen molar-refractivity contribution in [3.63, 3.8) is 0 Å². The molecule has 1 aromatic carbocycles. The van der Waals surface area contributed by atoms with Crippen LogP contribution in [0.15, 0.2) is 24.3 Å². The maximum absolute atomic E-state index is 13.3. The number of carboxylic acid groups (broad SMARTS) is 1. The van der Waals surface area contributed by atoms with Crippen LogP contribution >= 0.6 is 0 Å². The summed E-state index contributed by atoms with van der Waals surface area (Å²) < 4.78 is 2.36. The van der Waals surface area contributed by atoms with Gasteiger partial charge in [0.1, 0.15) is 0 Å². The van der Waals surface area contributed by atoms with Crippen LogP contribution in [0.4, 0.5) is 0 Å². The van der Waals surface area contributed by atoms with E-state index in [-0.39, 0.29) is 12.4 Å². The number of piperidine rings is 2. The zero-order valence-corrected chi connectivity index (χ0v) is 17.8. The highest BCUT2D eigenvalue weighted by Gasteiger charge is 2.38. The molecule has 4 heterocycles. The standard InChI is InChI=1S/C23H31N3O.CH2O2/c1-2-12-25-17-7-5-8-18(25)15-16(14-17)24-23(27)22-19-9-3-4-10-20(19)26-13-6-11-21(22)26;2-1-3/h3-4,9-10,16-18H,2,5-8,11-15H2,1H3,(H,24,27);1H,(H,2,3). The summed E-state index contributed by atoms with van der Waals surface area (Å²) in [5.74, 6) is 0.161. The number of hydrogen-bond donors (Lipinski definition) is 2. The van der Waals surface area contributed by atoms with Gasteiger partial charge in [0.2, 0.25) is 0 Å². The lowest BCUT2D eigenvalue weighted by molar-refractivity contribution is -0.122. The predicted molar refractivity (Wildman–Crippen MR) is 118 cm³/mol. The van der Waals surface area contributed by atoms with Crippen LogP contribution in [0.1, 0.15) is 67.9 Å². The molecule has 2 atom stereocenters. The van der Waals surface area contributed by atoms with Gasteiger partial charge in [0, 0.05) is 41.3 Å². The van der Waals surface area contributed by atoms with Crippen LogP contribution in [0.5, 0.6) is 0 Å². The molecule has 6 heteroatoms. The van der Waals surface area contributed by atoms with Gasteiger partial charge in [-0.3, -0.25) is 14.5 Å². The zero-order valence-electron chi connectivity index (χ0n) is 17.8. The van der Waals surface area contributed by atoms with Gasteiger partial charge in [0.05, 0.1) is 5.56 Å². The van der Waals surface area contributed by atoms with Crippen LogP contribution in [0.25, 0.3) is 10.9 Å². The number of carbonyl (C=O) groups excluding carboxylic acids is 1. The Labute approximate surface area is 178 Å². The van der Waals surface area contributed by atoms with Crippen molar-refractivity contribution in [2.75, 3.05) is 6.54 Å². The first-order valence-corrected chi connectivity index (χ1v) is 11.4. The molecule has 2 saturated heterocycles. The quantitative estimate of drug-likeness (QED) is 0.750. The van der Waals surface area contributed by atoms with Crippen LogP contribution in [-0.2, 0) is 17.8 Å². The van der Waals surface area contributed by atoms with E-state index in [1.165, 1.54) is 43.4 Å². The molecule has 0 aliphatic carbocycles. The van der Waals surface area contributed by atoms with Gasteiger partial charge in [0.15, 0.2) is 0 Å². The number of benzene rings is 1. The van der Waals surface area contributed by atoms with Crippen molar-refractivity contribution < 1.29 is 14.7 Å². The minimum atomic E-state index is -0.250. The molecule has 3 aliphatic rings. The number of para-hydroxylation sites is 1. The first-order chi connectivity index (χ1) is 14.7. The summed E-state index contributed by atoms with van der Waals surface area (Å²) in [6.07, 6.45) is 9.60. The number of carbonyl (C=O) groups is 2. The SMILES string of the molecule is CCCN1C2CCCC1CC(NC(=O)c1c3n(c4ccccc14)CCC3)C2.O=CO. The minimum Gasteiger partial charge on any atom is -0.483 e. The lowest BCUT2D eigenvalue weighted by Gasteiger charge is -2.49. The van der Waals surface area contributed by atoms with E-state index >= 15 is 0 Å². The van der Waals surface area contributed by atoms with Crippen LogP contribution in [0.3, 0.4) is 0 Å². The molecule has 162 valence electrons. The summed E-state index contributed by atoms with van der Waals surface area (Å²) in [5, 5.41) is 11.5. The highest BCUT2D eigenvalue weighted by Crippen LogP contribution is 2.35. The van der Waals surface area contributed by atoms with Crippen LogP contribution in [-0.4, -0.2) is 51.6 Å². The molecule has 2 aromatic rings. The van der Waals surface area contributed by atoms with E-state index in [4.69, 9.17) is 9.90 Å². The Morgan fingerprint density at radius 3 is 2.60 bits per heavy atom. The molecule has 6 nitrogen and oxygen atoms in total. The summed E-state index contributed by atoms with van der Waals surface area (Å²) in [4.78, 5) is 24.4. The molecule has 2 unspecified atom stereocenters. The van der Waals surface area contributed by atoms with Crippen molar-refractivity contribution in [3.8, 4) is 0 Å². The number of nitrogens with zero attached hydrogens (tertiary/aromatic N) is 2. The molecule has 0 saturated carbocycles. The lowest BCUT2D eigenvalue weighted by atomic mass is 9.81. The Kier molecular flexibility index (Phi) is 6.42. The largest absolute Gasteiger partial charge is 0.483 e. The fourth-order valence-electron chi connectivity index (χ4n) is 6.01. The first kappa shape index (κ1) is 20.9. The van der Waals surface area contributed by atoms with Gasteiger partial charge in [0.25, 0.3) is 12.4 Å². The molecule has 30 heavy (non-hydrogen) atoms. The molecule has 0 spiro atoms. The number of hydrogen-bond acceptors (Lipinski definition) is 3. The van der Waals surface area contributed by atoms with Crippen molar-refractivity contribution in [2.45, 2.75) is 83.0 Å². The number of aryl methyl sites for hydroxylation is 1. The van der Waals surface area contributed by atoms with Crippen LogP contribution in [0.2, 0.25) is 0 Å². The third-order valence-electron chi connectivity index (χ3n) is 7.04. The molecule has 2 N–H and O–H groups in total. The lowest BCUT2D eigenvalue weighted by Crippen LogP contribution is -2.57. The normalized spacial score (nSPS) is 25.3. The topological polar surface area (TPSA) is 74.6 Å². The van der Waals surface area contributed by atoms with Gasteiger partial charge in [-0.15, -0.1) is 0 Å². The molecule has 2 fully saturated rings. The summed E-state index contributed by atoms with van der Waals surface area (Å²) in [6.45, 7) is 4.29. The summed E-state index contributed by atoms with van der Waals surface area (Å²) >= 11 is 0. The van der Waals surface area contributed by atoms with Crippen LogP contribution in [0, 0.1) is 0 Å². The molecular weight excluding hydrogens is 378 g/mol. The maximum Gasteiger partial charge on any atom is 0.290 e. The molecule has 0 radical (unpaired) electrons. The van der Waals surface area contributed by atoms with Crippen molar-refractivity contribution in [3.05, 3.63) is 35.5 Å². The Bertz CT molecular complexity index is 892. The molecule has 3 aliphatic heterocycles. The van der Waals surface area contributed by atoms with E-state index in [1.807, 2.05) is 0 Å². The second-order valence-electron chi connectivity index (χ2n) is 8.82. The van der Waals surface area contributed by atoms with Crippen molar-refractivity contribution >= 4 is 23.3 Å². The van der Waals surface area contributed by atoms with Gasteiger partial charge < -0.3 is 15.0 Å².